The maximum atomic E-state index is 12.4. The van der Waals surface area contributed by atoms with Crippen LogP contribution in [0.2, 0.25) is 0 Å². The lowest BCUT2D eigenvalue weighted by atomic mass is 10.1. The number of carbonyl (C=O) groups is 2. The lowest BCUT2D eigenvalue weighted by molar-refractivity contribution is 0.0950. The van der Waals surface area contributed by atoms with Gasteiger partial charge in [0.05, 0.1) is 18.2 Å². The van der Waals surface area contributed by atoms with E-state index in [1.165, 1.54) is 18.5 Å². The first-order valence-corrected chi connectivity index (χ1v) is 8.16. The summed E-state index contributed by atoms with van der Waals surface area (Å²) in [5.74, 6) is 0.777. The second-order valence-corrected chi connectivity index (χ2v) is 5.73. The van der Waals surface area contributed by atoms with Gasteiger partial charge in [0.25, 0.3) is 11.8 Å². The minimum Gasteiger partial charge on any atom is -0.496 e. The highest BCUT2D eigenvalue weighted by molar-refractivity contribution is 6.05. The number of rotatable bonds is 6. The number of hydrogen-bond donors (Lipinski definition) is 2. The molecular weight excluding hydrogens is 348 g/mol. The summed E-state index contributed by atoms with van der Waals surface area (Å²) in [6, 6.07) is 10.5. The van der Waals surface area contributed by atoms with Crippen LogP contribution in [-0.4, -0.2) is 29.1 Å². The third kappa shape index (κ3) is 4.49. The lowest BCUT2D eigenvalue weighted by Crippen LogP contribution is -2.24. The second kappa shape index (κ2) is 8.13. The molecule has 3 aromatic rings. The molecule has 0 radical (unpaired) electrons. The molecule has 27 heavy (non-hydrogen) atoms. The molecule has 2 aromatic heterocycles. The smallest absolute Gasteiger partial charge is 0.258 e. The van der Waals surface area contributed by atoms with Gasteiger partial charge in [0, 0.05) is 30.6 Å². The van der Waals surface area contributed by atoms with Gasteiger partial charge in [0.2, 0.25) is 0 Å². The predicted molar refractivity (Wildman–Crippen MR) is 97.6 cm³/mol. The van der Waals surface area contributed by atoms with Crippen LogP contribution in [0.5, 0.6) is 5.75 Å². The van der Waals surface area contributed by atoms with Crippen LogP contribution in [0.25, 0.3) is 0 Å². The van der Waals surface area contributed by atoms with Crippen molar-refractivity contribution < 1.29 is 18.8 Å². The van der Waals surface area contributed by atoms with E-state index in [9.17, 15) is 9.59 Å². The van der Waals surface area contributed by atoms with Gasteiger partial charge in [-0.25, -0.2) is 0 Å². The van der Waals surface area contributed by atoms with Gasteiger partial charge in [-0.3, -0.25) is 14.6 Å². The van der Waals surface area contributed by atoms with Gasteiger partial charge in [0.15, 0.2) is 5.82 Å². The van der Waals surface area contributed by atoms with E-state index in [-0.39, 0.29) is 23.6 Å². The van der Waals surface area contributed by atoms with Crippen LogP contribution in [0.15, 0.2) is 53.3 Å². The largest absolute Gasteiger partial charge is 0.496 e. The Labute approximate surface area is 155 Å². The Morgan fingerprint density at radius 2 is 1.85 bits per heavy atom. The summed E-state index contributed by atoms with van der Waals surface area (Å²) in [5, 5.41) is 9.08. The SMILES string of the molecule is COc1ccccc1CNC(=O)c1cncc(C(=O)Nc2cc(C)on2)c1. The molecule has 2 N–H and O–H groups in total. The second-order valence-electron chi connectivity index (χ2n) is 5.73. The topological polar surface area (TPSA) is 106 Å². The van der Waals surface area contributed by atoms with E-state index in [0.29, 0.717) is 17.3 Å². The molecule has 0 fully saturated rings. The lowest BCUT2D eigenvalue weighted by Gasteiger charge is -2.10. The van der Waals surface area contributed by atoms with Gasteiger partial charge in [-0.15, -0.1) is 0 Å². The zero-order valence-electron chi connectivity index (χ0n) is 14.9. The van der Waals surface area contributed by atoms with Crippen molar-refractivity contribution in [2.45, 2.75) is 13.5 Å². The van der Waals surface area contributed by atoms with E-state index in [0.717, 1.165) is 5.56 Å². The number of methoxy groups -OCH3 is 1. The van der Waals surface area contributed by atoms with Crippen molar-refractivity contribution in [2.75, 3.05) is 12.4 Å². The maximum absolute atomic E-state index is 12.4. The average molecular weight is 366 g/mol. The molecule has 2 amide bonds. The molecule has 138 valence electrons. The Hall–Kier alpha value is -3.68. The summed E-state index contributed by atoms with van der Waals surface area (Å²) in [6.07, 6.45) is 2.77. The number of benzene rings is 1. The molecule has 0 aliphatic carbocycles. The number of nitrogens with one attached hydrogen (secondary N) is 2. The van der Waals surface area contributed by atoms with Crippen molar-refractivity contribution >= 4 is 17.6 Å². The number of para-hydroxylation sites is 1. The third-order valence-electron chi connectivity index (χ3n) is 3.76. The molecule has 0 bridgehead atoms. The van der Waals surface area contributed by atoms with Crippen LogP contribution in [0.4, 0.5) is 5.82 Å². The highest BCUT2D eigenvalue weighted by Crippen LogP contribution is 2.17. The van der Waals surface area contributed by atoms with E-state index in [2.05, 4.69) is 20.8 Å². The standard InChI is InChI=1S/C19H18N4O4/c1-12-7-17(23-27-12)22-19(25)15-8-14(9-20-10-15)18(24)21-11-13-5-3-4-6-16(13)26-2/h3-10H,11H2,1-2H3,(H,21,24)(H,22,23,25). The van der Waals surface area contributed by atoms with Crippen molar-refractivity contribution in [1.82, 2.24) is 15.5 Å². The van der Waals surface area contributed by atoms with Crippen LogP contribution < -0.4 is 15.4 Å². The van der Waals surface area contributed by atoms with Crippen molar-refractivity contribution in [2.24, 2.45) is 0 Å². The summed E-state index contributed by atoms with van der Waals surface area (Å²) in [4.78, 5) is 28.7. The maximum Gasteiger partial charge on any atom is 0.258 e. The predicted octanol–water partition coefficient (Wildman–Crippen LogP) is 2.57. The molecule has 2 heterocycles. The van der Waals surface area contributed by atoms with Gasteiger partial charge in [-0.1, -0.05) is 23.4 Å². The normalized spacial score (nSPS) is 10.3. The number of aromatic nitrogens is 2. The highest BCUT2D eigenvalue weighted by atomic mass is 16.5. The number of amides is 2. The van der Waals surface area contributed by atoms with Gasteiger partial charge >= 0.3 is 0 Å². The number of ether oxygens (including phenoxy) is 1. The van der Waals surface area contributed by atoms with Crippen molar-refractivity contribution in [3.63, 3.8) is 0 Å². The minimum atomic E-state index is -0.435. The molecule has 0 atom stereocenters. The Kier molecular flexibility index (Phi) is 5.46. The molecular formula is C19H18N4O4. The third-order valence-corrected chi connectivity index (χ3v) is 3.76. The average Bonchev–Trinajstić information content (AvgIpc) is 3.11. The van der Waals surface area contributed by atoms with Crippen LogP contribution in [0, 0.1) is 6.92 Å². The number of aryl methyl sites for hydroxylation is 1. The number of pyridine rings is 1. The number of nitrogens with zero attached hydrogens (tertiary/aromatic N) is 2. The molecule has 0 spiro atoms. The Morgan fingerprint density at radius 1 is 1.11 bits per heavy atom. The van der Waals surface area contributed by atoms with E-state index in [1.54, 1.807) is 20.1 Å². The highest BCUT2D eigenvalue weighted by Gasteiger charge is 2.13. The van der Waals surface area contributed by atoms with Crippen molar-refractivity contribution in [3.8, 4) is 5.75 Å². The fourth-order valence-electron chi connectivity index (χ4n) is 2.43. The minimum absolute atomic E-state index is 0.237. The van der Waals surface area contributed by atoms with Gasteiger partial charge in [-0.2, -0.15) is 0 Å². The fourth-order valence-corrected chi connectivity index (χ4v) is 2.43. The van der Waals surface area contributed by atoms with E-state index in [4.69, 9.17) is 9.26 Å². The van der Waals surface area contributed by atoms with Crippen LogP contribution in [0.3, 0.4) is 0 Å². The Morgan fingerprint density at radius 3 is 2.56 bits per heavy atom. The Balaban J connectivity index is 1.67. The van der Waals surface area contributed by atoms with Gasteiger partial charge < -0.3 is 19.9 Å². The summed E-state index contributed by atoms with van der Waals surface area (Å²) in [6.45, 7) is 2.01. The molecule has 3 rings (SSSR count). The molecule has 0 unspecified atom stereocenters. The summed E-state index contributed by atoms with van der Waals surface area (Å²) in [5.41, 5.74) is 1.35. The first-order valence-electron chi connectivity index (χ1n) is 8.16. The number of carbonyl (C=O) groups excluding carboxylic acids is 2. The summed E-state index contributed by atoms with van der Waals surface area (Å²) in [7, 11) is 1.57. The quantitative estimate of drug-likeness (QED) is 0.694. The van der Waals surface area contributed by atoms with Crippen LogP contribution in [-0.2, 0) is 6.54 Å². The molecule has 8 nitrogen and oxygen atoms in total. The molecule has 0 saturated heterocycles. The fraction of sp³-hybridized carbons (Fsp3) is 0.158. The number of anilines is 1. The molecule has 1 aromatic carbocycles. The van der Waals surface area contributed by atoms with E-state index >= 15 is 0 Å². The van der Waals surface area contributed by atoms with Crippen molar-refractivity contribution in [3.05, 3.63) is 71.2 Å². The van der Waals surface area contributed by atoms with Crippen molar-refractivity contribution in [1.29, 1.82) is 0 Å². The zero-order chi connectivity index (χ0) is 19.2. The molecule has 0 aliphatic heterocycles. The molecule has 8 heteroatoms. The van der Waals surface area contributed by atoms with Gasteiger partial charge in [0.1, 0.15) is 11.5 Å². The van der Waals surface area contributed by atoms with Crippen LogP contribution in [0.1, 0.15) is 32.0 Å². The first kappa shape index (κ1) is 18.1. The Bertz CT molecular complexity index is 968. The summed E-state index contributed by atoms with van der Waals surface area (Å²) < 4.78 is 10.2. The van der Waals surface area contributed by atoms with E-state index < -0.39 is 5.91 Å². The van der Waals surface area contributed by atoms with E-state index in [1.807, 2.05) is 24.3 Å². The number of hydrogen-bond acceptors (Lipinski definition) is 6. The van der Waals surface area contributed by atoms with Crippen LogP contribution >= 0.6 is 0 Å². The zero-order valence-corrected chi connectivity index (χ0v) is 14.9. The summed E-state index contributed by atoms with van der Waals surface area (Å²) >= 11 is 0. The molecule has 0 saturated carbocycles. The van der Waals surface area contributed by atoms with Gasteiger partial charge in [-0.05, 0) is 19.1 Å². The first-order chi connectivity index (χ1) is 13.1. The molecule has 0 aliphatic rings. The monoisotopic (exact) mass is 366 g/mol.